The van der Waals surface area contributed by atoms with E-state index in [2.05, 4.69) is 20.3 Å². The fourth-order valence-corrected chi connectivity index (χ4v) is 3.08. The second-order valence-electron chi connectivity index (χ2n) is 4.90. The summed E-state index contributed by atoms with van der Waals surface area (Å²) in [6.07, 6.45) is 7.23. The molecule has 24 heavy (non-hydrogen) atoms. The maximum atomic E-state index is 14.1. The minimum atomic E-state index is -0.461. The fourth-order valence-electron chi connectivity index (χ4n) is 2.18. The Kier molecular flexibility index (Phi) is 3.79. The van der Waals surface area contributed by atoms with Crippen molar-refractivity contribution in [1.29, 1.82) is 0 Å². The SMILES string of the molecule is Fc1cc(Cl)ccc1-c1nnc2sc(/C=C/c3cccnc3)nn12. The van der Waals surface area contributed by atoms with Crippen LogP contribution >= 0.6 is 22.9 Å². The predicted octanol–water partition coefficient (Wildman–Crippen LogP) is 4.21. The molecule has 0 saturated heterocycles. The van der Waals surface area contributed by atoms with Crippen LogP contribution in [-0.2, 0) is 0 Å². The lowest BCUT2D eigenvalue weighted by Gasteiger charge is -1.99. The van der Waals surface area contributed by atoms with E-state index in [0.717, 1.165) is 10.6 Å². The van der Waals surface area contributed by atoms with Crippen molar-refractivity contribution in [2.24, 2.45) is 0 Å². The van der Waals surface area contributed by atoms with E-state index in [1.54, 1.807) is 24.5 Å². The molecule has 8 heteroatoms. The smallest absolute Gasteiger partial charge is 0.235 e. The van der Waals surface area contributed by atoms with E-state index in [4.69, 9.17) is 11.6 Å². The van der Waals surface area contributed by atoms with Gasteiger partial charge in [-0.25, -0.2) is 4.39 Å². The van der Waals surface area contributed by atoms with Gasteiger partial charge in [-0.05, 0) is 35.9 Å². The van der Waals surface area contributed by atoms with Crippen molar-refractivity contribution < 1.29 is 4.39 Å². The molecule has 0 saturated carbocycles. The zero-order valence-electron chi connectivity index (χ0n) is 12.1. The Hall–Kier alpha value is -2.64. The van der Waals surface area contributed by atoms with E-state index < -0.39 is 5.82 Å². The first-order valence-electron chi connectivity index (χ1n) is 6.96. The van der Waals surface area contributed by atoms with E-state index in [0.29, 0.717) is 21.4 Å². The molecule has 0 amide bonds. The van der Waals surface area contributed by atoms with Crippen LogP contribution in [0, 0.1) is 5.82 Å². The molecule has 0 spiro atoms. The van der Waals surface area contributed by atoms with E-state index >= 15 is 0 Å². The topological polar surface area (TPSA) is 56.0 Å². The molecule has 0 fully saturated rings. The lowest BCUT2D eigenvalue weighted by Crippen LogP contribution is -1.93. The summed E-state index contributed by atoms with van der Waals surface area (Å²) in [6.45, 7) is 0. The molecular formula is C16H9ClFN5S. The van der Waals surface area contributed by atoms with Crippen LogP contribution in [0.25, 0.3) is 28.5 Å². The summed E-state index contributed by atoms with van der Waals surface area (Å²) in [7, 11) is 0. The summed E-state index contributed by atoms with van der Waals surface area (Å²) in [4.78, 5) is 4.64. The number of hydrogen-bond donors (Lipinski definition) is 0. The van der Waals surface area contributed by atoms with Gasteiger partial charge in [-0.2, -0.15) is 9.61 Å². The van der Waals surface area contributed by atoms with Gasteiger partial charge < -0.3 is 0 Å². The Morgan fingerprint density at radius 3 is 2.88 bits per heavy atom. The van der Waals surface area contributed by atoms with E-state index in [1.165, 1.54) is 21.9 Å². The van der Waals surface area contributed by atoms with Crippen LogP contribution in [0.5, 0.6) is 0 Å². The molecule has 0 aliphatic rings. The van der Waals surface area contributed by atoms with Gasteiger partial charge in [-0.15, -0.1) is 10.2 Å². The van der Waals surface area contributed by atoms with Crippen LogP contribution in [0.2, 0.25) is 5.02 Å². The first kappa shape index (κ1) is 14.9. The Morgan fingerprint density at radius 2 is 2.08 bits per heavy atom. The standard InChI is InChI=1S/C16H9ClFN5S/c17-11-4-5-12(13(18)8-11)15-20-21-16-23(15)22-14(24-16)6-3-10-2-1-7-19-9-10/h1-9H/b6-3+. The maximum Gasteiger partial charge on any atom is 0.235 e. The molecule has 0 radical (unpaired) electrons. The number of pyridine rings is 1. The lowest BCUT2D eigenvalue weighted by atomic mass is 10.2. The maximum absolute atomic E-state index is 14.1. The normalized spacial score (nSPS) is 11.6. The van der Waals surface area contributed by atoms with Crippen molar-refractivity contribution in [2.45, 2.75) is 0 Å². The third-order valence-corrected chi connectivity index (χ3v) is 4.38. The summed E-state index contributed by atoms with van der Waals surface area (Å²) in [5, 5.41) is 13.6. The van der Waals surface area contributed by atoms with Gasteiger partial charge >= 0.3 is 0 Å². The highest BCUT2D eigenvalue weighted by Crippen LogP contribution is 2.26. The minimum absolute atomic E-state index is 0.306. The van der Waals surface area contributed by atoms with Crippen LogP contribution < -0.4 is 0 Å². The number of hydrogen-bond acceptors (Lipinski definition) is 5. The Morgan fingerprint density at radius 1 is 1.17 bits per heavy atom. The van der Waals surface area contributed by atoms with Crippen molar-refractivity contribution in [2.75, 3.05) is 0 Å². The van der Waals surface area contributed by atoms with Crippen molar-refractivity contribution in [3.63, 3.8) is 0 Å². The van der Waals surface area contributed by atoms with Crippen LogP contribution in [0.1, 0.15) is 10.6 Å². The average Bonchev–Trinajstić information content (AvgIpc) is 3.15. The van der Waals surface area contributed by atoms with Crippen molar-refractivity contribution in [3.05, 3.63) is 64.1 Å². The molecule has 0 aliphatic carbocycles. The third-order valence-electron chi connectivity index (χ3n) is 3.28. The summed E-state index contributed by atoms with van der Waals surface area (Å²) in [5.74, 6) is -0.117. The highest BCUT2D eigenvalue weighted by atomic mass is 35.5. The number of aromatic nitrogens is 5. The Bertz CT molecular complexity index is 1040. The van der Waals surface area contributed by atoms with Crippen molar-refractivity contribution >= 4 is 40.1 Å². The molecule has 0 N–H and O–H groups in total. The second-order valence-corrected chi connectivity index (χ2v) is 6.33. The molecule has 0 atom stereocenters. The third kappa shape index (κ3) is 2.79. The number of nitrogens with zero attached hydrogens (tertiary/aromatic N) is 5. The van der Waals surface area contributed by atoms with Crippen molar-refractivity contribution in [1.82, 2.24) is 24.8 Å². The van der Waals surface area contributed by atoms with Gasteiger partial charge in [0.15, 0.2) is 5.82 Å². The van der Waals surface area contributed by atoms with Gasteiger partial charge in [0.1, 0.15) is 10.8 Å². The largest absolute Gasteiger partial charge is 0.264 e. The summed E-state index contributed by atoms with van der Waals surface area (Å²) >= 11 is 7.15. The first-order chi connectivity index (χ1) is 11.7. The van der Waals surface area contributed by atoms with E-state index in [1.807, 2.05) is 24.3 Å². The number of halogens is 2. The van der Waals surface area contributed by atoms with Crippen LogP contribution in [0.4, 0.5) is 4.39 Å². The Labute approximate surface area is 145 Å². The average molecular weight is 358 g/mol. The molecule has 4 aromatic rings. The first-order valence-corrected chi connectivity index (χ1v) is 8.16. The van der Waals surface area contributed by atoms with E-state index in [-0.39, 0.29) is 0 Å². The van der Waals surface area contributed by atoms with E-state index in [9.17, 15) is 4.39 Å². The molecule has 0 unspecified atom stereocenters. The monoisotopic (exact) mass is 357 g/mol. The Balaban J connectivity index is 1.72. The molecule has 4 rings (SSSR count). The predicted molar refractivity (Wildman–Crippen MR) is 92.2 cm³/mol. The lowest BCUT2D eigenvalue weighted by molar-refractivity contribution is 0.629. The highest BCUT2D eigenvalue weighted by molar-refractivity contribution is 7.17. The van der Waals surface area contributed by atoms with Crippen molar-refractivity contribution in [3.8, 4) is 11.4 Å². The second kappa shape index (κ2) is 6.10. The van der Waals surface area contributed by atoms with Crippen LogP contribution in [0.3, 0.4) is 0 Å². The molecule has 0 aliphatic heterocycles. The fraction of sp³-hybridized carbons (Fsp3) is 0. The summed E-state index contributed by atoms with van der Waals surface area (Å²) < 4.78 is 15.6. The minimum Gasteiger partial charge on any atom is -0.264 e. The number of fused-ring (bicyclic) bond motifs is 1. The van der Waals surface area contributed by atoms with Gasteiger partial charge in [0, 0.05) is 17.4 Å². The van der Waals surface area contributed by atoms with Gasteiger partial charge in [0.25, 0.3) is 0 Å². The summed E-state index contributed by atoms with van der Waals surface area (Å²) in [5.41, 5.74) is 1.27. The number of benzene rings is 1. The van der Waals surface area contributed by atoms with Gasteiger partial charge in [0.2, 0.25) is 4.96 Å². The molecule has 3 heterocycles. The summed E-state index contributed by atoms with van der Waals surface area (Å²) in [6, 6.07) is 8.22. The molecule has 5 nitrogen and oxygen atoms in total. The molecule has 118 valence electrons. The molecule has 0 bridgehead atoms. The zero-order chi connectivity index (χ0) is 16.5. The quantitative estimate of drug-likeness (QED) is 0.551. The molecule has 3 aromatic heterocycles. The van der Waals surface area contributed by atoms with Gasteiger partial charge in [-0.1, -0.05) is 35.1 Å². The molecular weight excluding hydrogens is 349 g/mol. The van der Waals surface area contributed by atoms with Gasteiger partial charge in [-0.3, -0.25) is 4.98 Å². The highest BCUT2D eigenvalue weighted by Gasteiger charge is 2.16. The zero-order valence-corrected chi connectivity index (χ0v) is 13.7. The molecule has 1 aromatic carbocycles. The number of rotatable bonds is 3. The van der Waals surface area contributed by atoms with Crippen LogP contribution in [-0.4, -0.2) is 24.8 Å². The van der Waals surface area contributed by atoms with Crippen LogP contribution in [0.15, 0.2) is 42.7 Å². The van der Waals surface area contributed by atoms with Gasteiger partial charge in [0.05, 0.1) is 5.56 Å².